The monoisotopic (exact) mass is 458 g/mol. The molecule has 3 aromatic rings. The lowest BCUT2D eigenvalue weighted by Gasteiger charge is -2.30. The van der Waals surface area contributed by atoms with Crippen LogP contribution >= 0.6 is 15.9 Å². The summed E-state index contributed by atoms with van der Waals surface area (Å²) in [5.41, 5.74) is 1.14. The van der Waals surface area contributed by atoms with E-state index in [2.05, 4.69) is 41.1 Å². The first-order valence-electron chi connectivity index (χ1n) is 8.24. The van der Waals surface area contributed by atoms with Crippen molar-refractivity contribution in [3.63, 3.8) is 0 Å². The second-order valence-electron chi connectivity index (χ2n) is 5.90. The zero-order valence-corrected chi connectivity index (χ0v) is 15.9. The van der Waals surface area contributed by atoms with Crippen molar-refractivity contribution in [3.8, 4) is 5.75 Å². The van der Waals surface area contributed by atoms with E-state index in [9.17, 15) is 13.2 Å². The number of alkyl halides is 3. The predicted molar refractivity (Wildman–Crippen MR) is 97.9 cm³/mol. The number of morpholine rings is 1. The molecule has 0 amide bonds. The molecule has 8 nitrogen and oxygen atoms in total. The van der Waals surface area contributed by atoms with E-state index in [4.69, 9.17) is 4.74 Å². The summed E-state index contributed by atoms with van der Waals surface area (Å²) in [6.45, 7) is 1.85. The van der Waals surface area contributed by atoms with Crippen LogP contribution in [0.5, 0.6) is 5.75 Å². The largest absolute Gasteiger partial charge is 0.573 e. The Morgan fingerprint density at radius 1 is 1.21 bits per heavy atom. The molecular formula is C16H14BrF3N6O2. The lowest BCUT2D eigenvalue weighted by Crippen LogP contribution is -2.36. The molecule has 4 rings (SSSR count). The number of anilines is 3. The average molecular weight is 459 g/mol. The minimum Gasteiger partial charge on any atom is -0.403 e. The molecule has 0 radical (unpaired) electrons. The maximum absolute atomic E-state index is 12.9. The van der Waals surface area contributed by atoms with Gasteiger partial charge in [-0.3, -0.25) is 0 Å². The Bertz CT molecular complexity index is 990. The quantitative estimate of drug-likeness (QED) is 0.642. The van der Waals surface area contributed by atoms with Crippen LogP contribution in [0.2, 0.25) is 0 Å². The summed E-state index contributed by atoms with van der Waals surface area (Å²) in [4.78, 5) is 10.2. The highest BCUT2D eigenvalue weighted by Crippen LogP contribution is 2.36. The lowest BCUT2D eigenvalue weighted by atomic mass is 10.2. The fourth-order valence-electron chi connectivity index (χ4n) is 2.89. The van der Waals surface area contributed by atoms with Crippen LogP contribution in [0.3, 0.4) is 0 Å². The van der Waals surface area contributed by atoms with E-state index in [0.717, 1.165) is 0 Å². The van der Waals surface area contributed by atoms with E-state index >= 15 is 0 Å². The number of rotatable bonds is 4. The fraction of sp³-hybridized carbons (Fsp3) is 0.312. The zero-order valence-electron chi connectivity index (χ0n) is 14.3. The zero-order chi connectivity index (χ0) is 19.7. The number of aromatic nitrogens is 4. The molecule has 0 atom stereocenters. The molecule has 1 fully saturated rings. The number of halogens is 4. The van der Waals surface area contributed by atoms with E-state index in [0.29, 0.717) is 53.7 Å². The van der Waals surface area contributed by atoms with E-state index in [1.54, 1.807) is 23.2 Å². The fourth-order valence-corrected chi connectivity index (χ4v) is 3.26. The van der Waals surface area contributed by atoms with Crippen molar-refractivity contribution in [1.82, 2.24) is 19.6 Å². The number of hydrogen-bond acceptors (Lipinski definition) is 7. The van der Waals surface area contributed by atoms with Crippen LogP contribution in [-0.2, 0) is 4.74 Å². The molecule has 2 aromatic heterocycles. The normalized spacial score (nSPS) is 15.1. The molecule has 0 aliphatic carbocycles. The van der Waals surface area contributed by atoms with Gasteiger partial charge in [-0.1, -0.05) is 0 Å². The van der Waals surface area contributed by atoms with Crippen molar-refractivity contribution >= 4 is 38.8 Å². The smallest absolute Gasteiger partial charge is 0.403 e. The van der Waals surface area contributed by atoms with Gasteiger partial charge in [0.25, 0.3) is 0 Å². The van der Waals surface area contributed by atoms with Crippen LogP contribution in [0.15, 0.2) is 35.3 Å². The van der Waals surface area contributed by atoms with Crippen molar-refractivity contribution < 1.29 is 22.6 Å². The summed E-state index contributed by atoms with van der Waals surface area (Å²) < 4.78 is 50.3. The highest BCUT2D eigenvalue weighted by atomic mass is 79.9. The van der Waals surface area contributed by atoms with Gasteiger partial charge >= 0.3 is 6.36 Å². The number of hydrogen-bond donors (Lipinski definition) is 1. The average Bonchev–Trinajstić information content (AvgIpc) is 3.10. The molecule has 1 aromatic carbocycles. The standard InChI is InChI=1S/C16H14BrF3N6O2/c17-13-8-26-15(21-9-22-26)14(24-13)23-10-1-2-11(25-3-5-27-6-4-25)12(7-10)28-16(18,19)20/h1-2,7-9H,3-6H2,(H,23,24). The van der Waals surface area contributed by atoms with Crippen LogP contribution in [-0.4, -0.2) is 52.2 Å². The van der Waals surface area contributed by atoms with Crippen molar-refractivity contribution in [2.75, 3.05) is 36.5 Å². The first-order chi connectivity index (χ1) is 13.4. The van der Waals surface area contributed by atoms with Gasteiger partial charge in [0.1, 0.15) is 10.9 Å². The second-order valence-corrected chi connectivity index (χ2v) is 6.71. The summed E-state index contributed by atoms with van der Waals surface area (Å²) in [6, 6.07) is 4.52. The van der Waals surface area contributed by atoms with Gasteiger partial charge in [-0.05, 0) is 28.1 Å². The highest BCUT2D eigenvalue weighted by molar-refractivity contribution is 9.10. The third kappa shape index (κ3) is 4.12. The third-order valence-corrected chi connectivity index (χ3v) is 4.41. The van der Waals surface area contributed by atoms with Gasteiger partial charge in [0, 0.05) is 24.8 Å². The van der Waals surface area contributed by atoms with E-state index < -0.39 is 6.36 Å². The van der Waals surface area contributed by atoms with Crippen LogP contribution < -0.4 is 15.0 Å². The number of nitrogens with zero attached hydrogens (tertiary/aromatic N) is 5. The molecule has 0 saturated carbocycles. The van der Waals surface area contributed by atoms with Crippen LogP contribution in [0.1, 0.15) is 0 Å². The van der Waals surface area contributed by atoms with Crippen LogP contribution in [0.4, 0.5) is 30.4 Å². The summed E-state index contributed by atoms with van der Waals surface area (Å²) in [5.74, 6) is 0.0378. The SMILES string of the molecule is FC(F)(F)Oc1cc(Nc2nc(Br)cn3ncnc23)ccc1N1CCOCC1. The number of fused-ring (bicyclic) bond motifs is 1. The molecule has 1 saturated heterocycles. The van der Waals surface area contributed by atoms with Gasteiger partial charge in [0.2, 0.25) is 0 Å². The van der Waals surface area contributed by atoms with E-state index in [-0.39, 0.29) is 5.75 Å². The van der Waals surface area contributed by atoms with Crippen LogP contribution in [0.25, 0.3) is 5.65 Å². The Hall–Kier alpha value is -2.60. The van der Waals surface area contributed by atoms with Gasteiger partial charge < -0.3 is 19.7 Å². The second kappa shape index (κ2) is 7.43. The highest BCUT2D eigenvalue weighted by Gasteiger charge is 2.33. The molecule has 148 valence electrons. The Kier molecular flexibility index (Phi) is 4.98. The first kappa shape index (κ1) is 18.7. The summed E-state index contributed by atoms with van der Waals surface area (Å²) in [5, 5.41) is 7.00. The molecule has 0 spiro atoms. The molecule has 1 aliphatic heterocycles. The number of ether oxygens (including phenoxy) is 2. The van der Waals surface area contributed by atoms with Crippen molar-refractivity contribution in [3.05, 3.63) is 35.3 Å². The summed E-state index contributed by atoms with van der Waals surface area (Å²) >= 11 is 3.27. The molecule has 1 aliphatic rings. The molecule has 3 heterocycles. The van der Waals surface area contributed by atoms with Gasteiger partial charge in [-0.15, -0.1) is 13.2 Å². The topological polar surface area (TPSA) is 76.8 Å². The summed E-state index contributed by atoms with van der Waals surface area (Å²) in [7, 11) is 0. The number of nitrogens with one attached hydrogen (secondary N) is 1. The maximum Gasteiger partial charge on any atom is 0.573 e. The minimum atomic E-state index is -4.81. The molecule has 12 heteroatoms. The van der Waals surface area contributed by atoms with Gasteiger partial charge in [-0.2, -0.15) is 5.10 Å². The van der Waals surface area contributed by atoms with E-state index in [1.807, 2.05) is 0 Å². The van der Waals surface area contributed by atoms with Crippen LogP contribution in [0, 0.1) is 0 Å². The molecular weight excluding hydrogens is 445 g/mol. The number of benzene rings is 1. The molecule has 0 unspecified atom stereocenters. The van der Waals surface area contributed by atoms with Crippen molar-refractivity contribution in [2.45, 2.75) is 6.36 Å². The lowest BCUT2D eigenvalue weighted by molar-refractivity contribution is -0.274. The van der Waals surface area contributed by atoms with E-state index in [1.165, 1.54) is 16.9 Å². The molecule has 1 N–H and O–H groups in total. The Morgan fingerprint density at radius 2 is 2.00 bits per heavy atom. The Morgan fingerprint density at radius 3 is 2.75 bits per heavy atom. The Balaban J connectivity index is 1.69. The van der Waals surface area contributed by atoms with Crippen molar-refractivity contribution in [1.29, 1.82) is 0 Å². The minimum absolute atomic E-state index is 0.299. The Labute approximate surface area is 165 Å². The van der Waals surface area contributed by atoms with Gasteiger partial charge in [0.15, 0.2) is 17.2 Å². The van der Waals surface area contributed by atoms with Crippen molar-refractivity contribution in [2.24, 2.45) is 0 Å². The molecule has 28 heavy (non-hydrogen) atoms. The third-order valence-electron chi connectivity index (χ3n) is 4.03. The van der Waals surface area contributed by atoms with Gasteiger partial charge in [-0.25, -0.2) is 14.5 Å². The maximum atomic E-state index is 12.9. The first-order valence-corrected chi connectivity index (χ1v) is 9.04. The summed E-state index contributed by atoms with van der Waals surface area (Å²) in [6.07, 6.45) is -1.84. The van der Waals surface area contributed by atoms with Gasteiger partial charge in [0.05, 0.1) is 25.1 Å². The molecule has 0 bridgehead atoms. The predicted octanol–water partition coefficient (Wildman–Crippen LogP) is 3.37.